The lowest BCUT2D eigenvalue weighted by molar-refractivity contribution is -0.0156. The van der Waals surface area contributed by atoms with Crippen LogP contribution in [-0.4, -0.2) is 34.6 Å². The maximum Gasteiger partial charge on any atom is 0.135 e. The first kappa shape index (κ1) is 17.8. The van der Waals surface area contributed by atoms with Gasteiger partial charge >= 0.3 is 0 Å². The van der Waals surface area contributed by atoms with Gasteiger partial charge in [-0.05, 0) is 29.8 Å². The molecule has 4 rings (SSSR count). The summed E-state index contributed by atoms with van der Waals surface area (Å²) in [7, 11) is 0. The van der Waals surface area contributed by atoms with E-state index in [4.69, 9.17) is 4.74 Å². The largest absolute Gasteiger partial charge is 0.378 e. The molecule has 1 atom stereocenters. The Balaban J connectivity index is 1.57. The normalized spacial score (nSPS) is 18.0. The van der Waals surface area contributed by atoms with Crippen molar-refractivity contribution in [3.8, 4) is 11.3 Å². The molecule has 3 aromatic rings. The second-order valence-corrected chi connectivity index (χ2v) is 6.49. The van der Waals surface area contributed by atoms with Gasteiger partial charge in [-0.1, -0.05) is 12.1 Å². The molecule has 7 heteroatoms. The lowest BCUT2D eigenvalue weighted by atomic mass is 10.1. The third-order valence-corrected chi connectivity index (χ3v) is 4.67. The van der Waals surface area contributed by atoms with E-state index in [0.717, 1.165) is 11.6 Å². The van der Waals surface area contributed by atoms with Crippen molar-refractivity contribution in [2.75, 3.05) is 19.8 Å². The number of ether oxygens (including phenoxy) is 1. The first-order chi connectivity index (χ1) is 13.1. The van der Waals surface area contributed by atoms with E-state index in [0.29, 0.717) is 37.8 Å². The molecule has 0 saturated carbocycles. The van der Waals surface area contributed by atoms with Gasteiger partial charge < -0.3 is 9.72 Å². The van der Waals surface area contributed by atoms with Crippen molar-refractivity contribution in [1.82, 2.24) is 14.9 Å². The maximum absolute atomic E-state index is 14.0. The fraction of sp³-hybridized carbons (Fsp3) is 0.250. The highest BCUT2D eigenvalue weighted by Crippen LogP contribution is 2.27. The Morgan fingerprint density at radius 3 is 2.63 bits per heavy atom. The van der Waals surface area contributed by atoms with Gasteiger partial charge in [-0.15, -0.1) is 0 Å². The molecular weight excluding hydrogens is 355 g/mol. The van der Waals surface area contributed by atoms with Crippen LogP contribution in [0.15, 0.2) is 48.7 Å². The van der Waals surface area contributed by atoms with Crippen LogP contribution in [0.5, 0.6) is 0 Å². The minimum Gasteiger partial charge on any atom is -0.378 e. The zero-order chi connectivity index (χ0) is 18.8. The van der Waals surface area contributed by atoms with Crippen molar-refractivity contribution in [1.29, 1.82) is 0 Å². The van der Waals surface area contributed by atoms with Gasteiger partial charge in [-0.25, -0.2) is 18.2 Å². The van der Waals surface area contributed by atoms with E-state index < -0.39 is 11.6 Å². The summed E-state index contributed by atoms with van der Waals surface area (Å²) < 4.78 is 45.9. The fourth-order valence-corrected chi connectivity index (χ4v) is 3.25. The average Bonchev–Trinajstić information content (AvgIpc) is 3.14. The second kappa shape index (κ2) is 7.54. The zero-order valence-electron chi connectivity index (χ0n) is 14.5. The highest BCUT2D eigenvalue weighted by molar-refractivity contribution is 5.59. The summed E-state index contributed by atoms with van der Waals surface area (Å²) >= 11 is 0. The Kier molecular flexibility index (Phi) is 4.96. The quantitative estimate of drug-likeness (QED) is 0.750. The monoisotopic (exact) mass is 373 g/mol. The molecule has 0 radical (unpaired) electrons. The number of aromatic amines is 1. The van der Waals surface area contributed by atoms with Crippen LogP contribution in [0.25, 0.3) is 11.3 Å². The van der Waals surface area contributed by atoms with Gasteiger partial charge in [0.05, 0.1) is 31.1 Å². The Labute approximate surface area is 154 Å². The van der Waals surface area contributed by atoms with Gasteiger partial charge in [0, 0.05) is 24.7 Å². The molecule has 0 amide bonds. The van der Waals surface area contributed by atoms with Crippen LogP contribution in [0.3, 0.4) is 0 Å². The molecule has 1 fully saturated rings. The number of hydrogen-bond acceptors (Lipinski definition) is 3. The number of imidazole rings is 1. The molecule has 2 heterocycles. The lowest BCUT2D eigenvalue weighted by Gasteiger charge is -2.34. The van der Waals surface area contributed by atoms with Crippen molar-refractivity contribution in [2.45, 2.75) is 12.6 Å². The molecule has 1 aliphatic heterocycles. The van der Waals surface area contributed by atoms with Crippen molar-refractivity contribution in [2.24, 2.45) is 0 Å². The Morgan fingerprint density at radius 1 is 1.07 bits per heavy atom. The van der Waals surface area contributed by atoms with Crippen LogP contribution >= 0.6 is 0 Å². The van der Waals surface area contributed by atoms with E-state index >= 15 is 0 Å². The van der Waals surface area contributed by atoms with Crippen LogP contribution in [0.1, 0.15) is 17.4 Å². The summed E-state index contributed by atoms with van der Waals surface area (Å²) in [6, 6.07) is 9.69. The highest BCUT2D eigenvalue weighted by atomic mass is 19.1. The Bertz CT molecular complexity index is 926. The Hall–Kier alpha value is -2.64. The van der Waals surface area contributed by atoms with E-state index in [2.05, 4.69) is 14.9 Å². The number of benzene rings is 2. The molecule has 1 aliphatic rings. The fourth-order valence-electron chi connectivity index (χ4n) is 3.25. The van der Waals surface area contributed by atoms with Crippen LogP contribution < -0.4 is 0 Å². The molecular formula is C20H18F3N3O. The summed E-state index contributed by atoms with van der Waals surface area (Å²) in [6.07, 6.45) is 1.54. The molecule has 0 spiro atoms. The molecule has 0 aliphatic carbocycles. The minimum absolute atomic E-state index is 0.138. The van der Waals surface area contributed by atoms with Crippen LogP contribution in [0, 0.1) is 17.5 Å². The van der Waals surface area contributed by atoms with Gasteiger partial charge in [-0.3, -0.25) is 4.90 Å². The first-order valence-corrected chi connectivity index (χ1v) is 8.67. The predicted octanol–water partition coefficient (Wildman–Crippen LogP) is 4.07. The summed E-state index contributed by atoms with van der Waals surface area (Å²) in [5.41, 5.74) is 1.73. The number of nitrogens with zero attached hydrogens (tertiary/aromatic N) is 2. The SMILES string of the molecule is Fc1ccc(CN2CCOC[C@H]2c2ncc(-c3ccc(F)cc3F)[nH]2)cc1. The third kappa shape index (κ3) is 3.89. The lowest BCUT2D eigenvalue weighted by Crippen LogP contribution is -2.39. The number of hydrogen-bond donors (Lipinski definition) is 1. The highest BCUT2D eigenvalue weighted by Gasteiger charge is 2.27. The topological polar surface area (TPSA) is 41.1 Å². The van der Waals surface area contributed by atoms with Gasteiger partial charge in [0.1, 0.15) is 23.3 Å². The van der Waals surface area contributed by atoms with Crippen LogP contribution in [-0.2, 0) is 11.3 Å². The number of rotatable bonds is 4. The summed E-state index contributed by atoms with van der Waals surface area (Å²) in [4.78, 5) is 9.70. The summed E-state index contributed by atoms with van der Waals surface area (Å²) in [5.74, 6) is -0.889. The van der Waals surface area contributed by atoms with Gasteiger partial charge in [0.15, 0.2) is 0 Å². The first-order valence-electron chi connectivity index (χ1n) is 8.67. The zero-order valence-corrected chi connectivity index (χ0v) is 14.5. The molecule has 27 heavy (non-hydrogen) atoms. The van der Waals surface area contributed by atoms with Gasteiger partial charge in [0.2, 0.25) is 0 Å². The van der Waals surface area contributed by atoms with E-state index in [1.54, 1.807) is 12.1 Å². The molecule has 1 saturated heterocycles. The smallest absolute Gasteiger partial charge is 0.135 e. The van der Waals surface area contributed by atoms with Crippen LogP contribution in [0.2, 0.25) is 0 Å². The summed E-state index contributed by atoms with van der Waals surface area (Å²) in [6.45, 7) is 2.36. The molecule has 0 bridgehead atoms. The van der Waals surface area contributed by atoms with E-state index in [1.165, 1.54) is 30.5 Å². The standard InChI is InChI=1S/C20H18F3N3O/c21-14-3-1-13(2-4-14)11-26-7-8-27-12-19(26)20-24-10-18(25-20)16-6-5-15(22)9-17(16)23/h1-6,9-10,19H,7-8,11-12H2,(H,24,25)/t19-/m0/s1. The van der Waals surface area contributed by atoms with Crippen molar-refractivity contribution in [3.63, 3.8) is 0 Å². The Morgan fingerprint density at radius 2 is 1.85 bits per heavy atom. The molecule has 4 nitrogen and oxygen atoms in total. The molecule has 2 aromatic carbocycles. The van der Waals surface area contributed by atoms with E-state index in [9.17, 15) is 13.2 Å². The van der Waals surface area contributed by atoms with Crippen molar-refractivity contribution < 1.29 is 17.9 Å². The van der Waals surface area contributed by atoms with Gasteiger partial charge in [-0.2, -0.15) is 0 Å². The molecule has 1 aromatic heterocycles. The van der Waals surface area contributed by atoms with E-state index in [1.807, 2.05) is 0 Å². The van der Waals surface area contributed by atoms with Gasteiger partial charge in [0.25, 0.3) is 0 Å². The number of aromatic nitrogens is 2. The third-order valence-electron chi connectivity index (χ3n) is 4.67. The van der Waals surface area contributed by atoms with Crippen LogP contribution in [0.4, 0.5) is 13.2 Å². The average molecular weight is 373 g/mol. The van der Waals surface area contributed by atoms with E-state index in [-0.39, 0.29) is 17.4 Å². The number of halogens is 3. The maximum atomic E-state index is 14.0. The minimum atomic E-state index is -0.645. The number of nitrogens with one attached hydrogen (secondary N) is 1. The number of H-pyrrole nitrogens is 1. The molecule has 0 unspecified atom stereocenters. The molecule has 140 valence electrons. The molecule has 1 N–H and O–H groups in total. The number of morpholine rings is 1. The summed E-state index contributed by atoms with van der Waals surface area (Å²) in [5, 5.41) is 0. The second-order valence-electron chi connectivity index (χ2n) is 6.49. The van der Waals surface area contributed by atoms with Crippen molar-refractivity contribution in [3.05, 3.63) is 77.5 Å². The van der Waals surface area contributed by atoms with Crippen molar-refractivity contribution >= 4 is 0 Å². The predicted molar refractivity (Wildman–Crippen MR) is 94.3 cm³/mol.